The lowest BCUT2D eigenvalue weighted by Crippen LogP contribution is -2.48. The lowest BCUT2D eigenvalue weighted by molar-refractivity contribution is -0.140. The number of fused-ring (bicyclic) bond motifs is 4. The maximum absolute atomic E-state index is 13.2. The van der Waals surface area contributed by atoms with Gasteiger partial charge in [-0.2, -0.15) is 0 Å². The summed E-state index contributed by atoms with van der Waals surface area (Å²) in [7, 11) is 2.44. The van der Waals surface area contributed by atoms with Crippen molar-refractivity contribution in [2.45, 2.75) is 6.04 Å². The van der Waals surface area contributed by atoms with Gasteiger partial charge in [0.15, 0.2) is 5.70 Å². The molecule has 0 N–H and O–H groups in total. The minimum atomic E-state index is -0.778. The number of hydrogen-bond donors (Lipinski definition) is 0. The Kier molecular flexibility index (Phi) is 3.92. The van der Waals surface area contributed by atoms with Crippen LogP contribution in [0.1, 0.15) is 22.0 Å². The molecule has 0 saturated carbocycles. The van der Waals surface area contributed by atoms with E-state index in [2.05, 4.69) is 0 Å². The summed E-state index contributed by atoms with van der Waals surface area (Å²) in [5.41, 5.74) is 1.66. The summed E-state index contributed by atoms with van der Waals surface area (Å²) in [5.74, 6) is -1.88. The predicted molar refractivity (Wildman–Crippen MR) is 95.3 cm³/mol. The van der Waals surface area contributed by atoms with Crippen molar-refractivity contribution < 1.29 is 23.9 Å². The number of nitrogens with zero attached hydrogens (tertiary/aromatic N) is 2. The molecule has 7 nitrogen and oxygen atoms in total. The lowest BCUT2D eigenvalue weighted by atomic mass is 9.93. The van der Waals surface area contributed by atoms with Crippen LogP contribution in [0.4, 0.5) is 5.69 Å². The Balaban J connectivity index is 2.03. The summed E-state index contributed by atoms with van der Waals surface area (Å²) in [4.78, 5) is 38.4. The first-order chi connectivity index (χ1) is 13.1. The largest absolute Gasteiger partial charge is 0.466 e. The molecule has 1 atom stereocenters. The van der Waals surface area contributed by atoms with Crippen molar-refractivity contribution >= 4 is 23.5 Å². The fourth-order valence-corrected chi connectivity index (χ4v) is 3.58. The first-order valence-corrected chi connectivity index (χ1v) is 8.28. The molecule has 2 aliphatic heterocycles. The average molecular weight is 364 g/mol. The average Bonchev–Trinajstić information content (AvgIpc) is 3.03. The molecule has 0 radical (unpaired) electrons. The third-order valence-electron chi connectivity index (χ3n) is 4.68. The van der Waals surface area contributed by atoms with Gasteiger partial charge in [0.1, 0.15) is 6.04 Å². The highest BCUT2D eigenvalue weighted by Gasteiger charge is 2.53. The van der Waals surface area contributed by atoms with Gasteiger partial charge in [-0.3, -0.25) is 9.80 Å². The number of rotatable bonds is 3. The molecule has 2 aromatic rings. The topological polar surface area (TPSA) is 76.2 Å². The molecule has 0 unspecified atom stereocenters. The van der Waals surface area contributed by atoms with Gasteiger partial charge in [-0.1, -0.05) is 36.4 Å². The second kappa shape index (κ2) is 6.28. The molecule has 7 heteroatoms. The van der Waals surface area contributed by atoms with Crippen molar-refractivity contribution in [2.75, 3.05) is 19.2 Å². The maximum Gasteiger partial charge on any atom is 0.357 e. The Morgan fingerprint density at radius 1 is 0.889 bits per heavy atom. The van der Waals surface area contributed by atoms with Crippen LogP contribution in [0.25, 0.3) is 0 Å². The third kappa shape index (κ3) is 2.32. The van der Waals surface area contributed by atoms with E-state index in [1.807, 2.05) is 18.2 Å². The molecule has 0 aliphatic carbocycles. The van der Waals surface area contributed by atoms with Crippen LogP contribution in [0.5, 0.6) is 0 Å². The first-order valence-electron chi connectivity index (χ1n) is 8.28. The van der Waals surface area contributed by atoms with Gasteiger partial charge in [-0.05, 0) is 23.8 Å². The molecular weight excluding hydrogens is 348 g/mol. The number of benzene rings is 2. The predicted octanol–water partition coefficient (Wildman–Crippen LogP) is 2.22. The minimum Gasteiger partial charge on any atom is -0.466 e. The molecule has 0 spiro atoms. The highest BCUT2D eigenvalue weighted by Crippen LogP contribution is 2.48. The van der Waals surface area contributed by atoms with E-state index in [-0.39, 0.29) is 11.3 Å². The Morgan fingerprint density at radius 2 is 1.52 bits per heavy atom. The summed E-state index contributed by atoms with van der Waals surface area (Å²) in [6.07, 6.45) is 0. The number of carbonyl (C=O) groups is 3. The highest BCUT2D eigenvalue weighted by atomic mass is 16.5. The van der Waals surface area contributed by atoms with E-state index in [1.165, 1.54) is 19.2 Å². The Labute approximate surface area is 155 Å². The van der Waals surface area contributed by atoms with E-state index in [0.29, 0.717) is 16.8 Å². The van der Waals surface area contributed by atoms with E-state index >= 15 is 0 Å². The quantitative estimate of drug-likeness (QED) is 0.778. The van der Waals surface area contributed by atoms with Gasteiger partial charge in [-0.25, -0.2) is 14.6 Å². The Hall–Kier alpha value is -3.61. The number of methoxy groups -OCH3 is 2. The molecule has 0 saturated heterocycles. The number of hydrogen-bond acceptors (Lipinski definition) is 6. The van der Waals surface area contributed by atoms with E-state index in [1.54, 1.807) is 41.4 Å². The second-order valence-corrected chi connectivity index (χ2v) is 6.03. The van der Waals surface area contributed by atoms with Crippen LogP contribution in [0.2, 0.25) is 0 Å². The van der Waals surface area contributed by atoms with Gasteiger partial charge >= 0.3 is 11.9 Å². The molecule has 0 fully saturated rings. The molecule has 4 rings (SSSR count). The SMILES string of the molecule is COC(=O)C1=C(C(=O)OC)N2C(=O)c3ccccc3[C@H]1N2c1ccccc1. The molecule has 2 heterocycles. The summed E-state index contributed by atoms with van der Waals surface area (Å²) in [5, 5.41) is 2.84. The van der Waals surface area contributed by atoms with E-state index in [9.17, 15) is 14.4 Å². The molecule has 0 aromatic heterocycles. The minimum absolute atomic E-state index is 0.0755. The van der Waals surface area contributed by atoms with Gasteiger partial charge in [0.25, 0.3) is 5.91 Å². The second-order valence-electron chi connectivity index (χ2n) is 6.03. The summed E-state index contributed by atoms with van der Waals surface area (Å²) < 4.78 is 9.81. The zero-order valence-corrected chi connectivity index (χ0v) is 14.7. The van der Waals surface area contributed by atoms with Crippen LogP contribution < -0.4 is 5.01 Å². The van der Waals surface area contributed by atoms with Crippen LogP contribution in [0.3, 0.4) is 0 Å². The van der Waals surface area contributed by atoms with Gasteiger partial charge in [-0.15, -0.1) is 0 Å². The lowest BCUT2D eigenvalue weighted by Gasteiger charge is -2.39. The standard InChI is InChI=1S/C20H16N2O5/c1-26-19(24)15-16-13-10-6-7-11-14(13)18(23)22(17(15)20(25)27-2)21(16)12-8-4-3-5-9-12/h3-11,16H,1-2H3/t16-/m1/s1. The van der Waals surface area contributed by atoms with Crippen molar-refractivity contribution in [2.24, 2.45) is 0 Å². The van der Waals surface area contributed by atoms with Gasteiger partial charge < -0.3 is 9.47 Å². The molecule has 2 aromatic carbocycles. The summed E-state index contributed by atoms with van der Waals surface area (Å²) >= 11 is 0. The van der Waals surface area contributed by atoms with Crippen molar-refractivity contribution in [3.05, 3.63) is 77.0 Å². The van der Waals surface area contributed by atoms with Crippen LogP contribution in [-0.2, 0) is 19.1 Å². The van der Waals surface area contributed by atoms with E-state index < -0.39 is 23.9 Å². The number of hydrazine groups is 1. The molecule has 2 bridgehead atoms. The van der Waals surface area contributed by atoms with Crippen molar-refractivity contribution in [1.29, 1.82) is 0 Å². The normalized spacial score (nSPS) is 17.7. The van der Waals surface area contributed by atoms with Gasteiger partial charge in [0, 0.05) is 5.56 Å². The third-order valence-corrected chi connectivity index (χ3v) is 4.68. The van der Waals surface area contributed by atoms with Crippen LogP contribution in [0, 0.1) is 0 Å². The number of esters is 2. The fraction of sp³-hybridized carbons (Fsp3) is 0.150. The fourth-order valence-electron chi connectivity index (χ4n) is 3.58. The Bertz CT molecular complexity index is 983. The first kappa shape index (κ1) is 16.8. The van der Waals surface area contributed by atoms with Crippen LogP contribution in [0.15, 0.2) is 65.9 Å². The molecule has 1 amide bonds. The van der Waals surface area contributed by atoms with E-state index in [4.69, 9.17) is 9.47 Å². The molecule has 27 heavy (non-hydrogen) atoms. The number of carbonyl (C=O) groups excluding carboxylic acids is 3. The summed E-state index contributed by atoms with van der Waals surface area (Å²) in [6, 6.07) is 15.4. The maximum atomic E-state index is 13.2. The zero-order valence-electron chi connectivity index (χ0n) is 14.7. The van der Waals surface area contributed by atoms with Crippen molar-refractivity contribution in [3.8, 4) is 0 Å². The number of anilines is 1. The Morgan fingerprint density at radius 3 is 2.19 bits per heavy atom. The summed E-state index contributed by atoms with van der Waals surface area (Å²) in [6.45, 7) is 0. The smallest absolute Gasteiger partial charge is 0.357 e. The van der Waals surface area contributed by atoms with Crippen molar-refractivity contribution in [1.82, 2.24) is 5.01 Å². The van der Waals surface area contributed by atoms with Crippen LogP contribution in [-0.4, -0.2) is 37.1 Å². The number of ether oxygens (including phenoxy) is 2. The molecular formula is C20H16N2O5. The monoisotopic (exact) mass is 364 g/mol. The van der Waals surface area contributed by atoms with Gasteiger partial charge in [0.2, 0.25) is 0 Å². The number of amides is 1. The number of para-hydroxylation sites is 1. The van der Waals surface area contributed by atoms with Crippen molar-refractivity contribution in [3.63, 3.8) is 0 Å². The molecule has 2 aliphatic rings. The van der Waals surface area contributed by atoms with Gasteiger partial charge in [0.05, 0.1) is 25.5 Å². The molecule has 136 valence electrons. The zero-order chi connectivity index (χ0) is 19.1. The van der Waals surface area contributed by atoms with Crippen LogP contribution >= 0.6 is 0 Å². The van der Waals surface area contributed by atoms with E-state index in [0.717, 1.165) is 0 Å². The highest BCUT2D eigenvalue weighted by molar-refractivity contribution is 6.12.